The van der Waals surface area contributed by atoms with Gasteiger partial charge in [0.25, 0.3) is 5.91 Å². The number of aryl methyl sites for hydroxylation is 1. The Kier molecular flexibility index (Phi) is 4.25. The summed E-state index contributed by atoms with van der Waals surface area (Å²) in [6.45, 7) is 4.81. The number of anilines is 2. The molecule has 0 saturated carbocycles. The van der Waals surface area contributed by atoms with Gasteiger partial charge in [-0.05, 0) is 31.2 Å². The fourth-order valence-electron chi connectivity index (χ4n) is 3.33. The summed E-state index contributed by atoms with van der Waals surface area (Å²) in [4.78, 5) is 15.0. The molecule has 0 aromatic carbocycles. The number of piperazine rings is 1. The fraction of sp³-hybridized carbons (Fsp3) is 0.333. The van der Waals surface area contributed by atoms with Crippen molar-refractivity contribution in [2.24, 2.45) is 7.05 Å². The predicted octanol–water partition coefficient (Wildman–Crippen LogP) is 0.990. The molecule has 2 N–H and O–H groups in total. The molecule has 3 aromatic heterocycles. The molecule has 3 aromatic rings. The second-order valence-corrected chi connectivity index (χ2v) is 6.62. The van der Waals surface area contributed by atoms with Crippen LogP contribution in [-0.4, -0.2) is 51.0 Å². The van der Waals surface area contributed by atoms with E-state index in [1.54, 1.807) is 23.8 Å². The van der Waals surface area contributed by atoms with E-state index in [1.807, 2.05) is 24.3 Å². The number of hydrogen-bond donors (Lipinski definition) is 2. The third-order valence-electron chi connectivity index (χ3n) is 4.70. The maximum atomic E-state index is 12.8. The van der Waals surface area contributed by atoms with Crippen molar-refractivity contribution in [2.75, 3.05) is 29.9 Å². The standard InChI is InChI=1S/C18H20N8O/c1-12-10-20-7-8-25(12)17-6-4-13-3-5-16(26(13)23-17)18(27)21-15-11-24(2)22-14(15)9-19/h3-6,11-12,20H,7-8,10H2,1-2H3,(H,21,27). The number of rotatable bonds is 3. The van der Waals surface area contributed by atoms with Crippen LogP contribution in [0.4, 0.5) is 11.5 Å². The molecule has 1 aliphatic heterocycles. The van der Waals surface area contributed by atoms with Crippen molar-refractivity contribution in [3.05, 3.63) is 41.9 Å². The highest BCUT2D eigenvalue weighted by Gasteiger charge is 2.21. The monoisotopic (exact) mass is 364 g/mol. The van der Waals surface area contributed by atoms with Crippen LogP contribution in [0.1, 0.15) is 23.1 Å². The topological polar surface area (TPSA) is 103 Å². The minimum absolute atomic E-state index is 0.176. The summed E-state index contributed by atoms with van der Waals surface area (Å²) in [7, 11) is 1.70. The average molecular weight is 364 g/mol. The number of aromatic nitrogens is 4. The molecule has 9 nitrogen and oxygen atoms in total. The largest absolute Gasteiger partial charge is 0.350 e. The second-order valence-electron chi connectivity index (χ2n) is 6.62. The zero-order valence-corrected chi connectivity index (χ0v) is 15.2. The Morgan fingerprint density at radius 1 is 1.33 bits per heavy atom. The first-order chi connectivity index (χ1) is 13.1. The summed E-state index contributed by atoms with van der Waals surface area (Å²) in [5, 5.41) is 24.0. The summed E-state index contributed by atoms with van der Waals surface area (Å²) in [5.41, 5.74) is 1.79. The maximum absolute atomic E-state index is 12.8. The van der Waals surface area contributed by atoms with Crippen molar-refractivity contribution in [3.63, 3.8) is 0 Å². The van der Waals surface area contributed by atoms with E-state index in [0.29, 0.717) is 17.4 Å². The van der Waals surface area contributed by atoms with E-state index in [9.17, 15) is 4.79 Å². The number of carbonyl (C=O) groups is 1. The summed E-state index contributed by atoms with van der Waals surface area (Å²) >= 11 is 0. The van der Waals surface area contributed by atoms with Gasteiger partial charge in [0.2, 0.25) is 0 Å². The second kappa shape index (κ2) is 6.74. The molecule has 1 fully saturated rings. The Morgan fingerprint density at radius 2 is 2.15 bits per heavy atom. The number of amides is 1. The van der Waals surface area contributed by atoms with Gasteiger partial charge in [-0.25, -0.2) is 4.52 Å². The zero-order valence-electron chi connectivity index (χ0n) is 15.2. The van der Waals surface area contributed by atoms with Crippen molar-refractivity contribution in [3.8, 4) is 6.07 Å². The molecule has 0 bridgehead atoms. The molecule has 27 heavy (non-hydrogen) atoms. The minimum Gasteiger partial charge on any atom is -0.350 e. The Labute approximate surface area is 156 Å². The zero-order chi connectivity index (χ0) is 19.0. The number of fused-ring (bicyclic) bond motifs is 1. The molecule has 1 aliphatic rings. The van der Waals surface area contributed by atoms with Crippen LogP contribution in [0.25, 0.3) is 5.52 Å². The lowest BCUT2D eigenvalue weighted by molar-refractivity contribution is 0.102. The summed E-state index contributed by atoms with van der Waals surface area (Å²) in [6.07, 6.45) is 1.60. The Morgan fingerprint density at radius 3 is 2.93 bits per heavy atom. The summed E-state index contributed by atoms with van der Waals surface area (Å²) in [5.74, 6) is 0.498. The fourth-order valence-corrected chi connectivity index (χ4v) is 3.33. The lowest BCUT2D eigenvalue weighted by Gasteiger charge is -2.34. The Balaban J connectivity index is 1.66. The van der Waals surface area contributed by atoms with Crippen LogP contribution in [-0.2, 0) is 7.05 Å². The van der Waals surface area contributed by atoms with E-state index in [-0.39, 0.29) is 11.6 Å². The summed E-state index contributed by atoms with van der Waals surface area (Å²) in [6, 6.07) is 9.82. The van der Waals surface area contributed by atoms with Gasteiger partial charge in [-0.15, -0.1) is 5.10 Å². The number of nitrogens with zero attached hydrogens (tertiary/aromatic N) is 6. The highest BCUT2D eigenvalue weighted by atomic mass is 16.2. The number of nitrogens with one attached hydrogen (secondary N) is 2. The molecule has 138 valence electrons. The van der Waals surface area contributed by atoms with Gasteiger partial charge in [-0.1, -0.05) is 0 Å². The smallest absolute Gasteiger partial charge is 0.274 e. The molecule has 9 heteroatoms. The normalized spacial score (nSPS) is 17.1. The van der Waals surface area contributed by atoms with E-state index in [4.69, 9.17) is 5.26 Å². The van der Waals surface area contributed by atoms with E-state index >= 15 is 0 Å². The third-order valence-corrected chi connectivity index (χ3v) is 4.70. The lowest BCUT2D eigenvalue weighted by atomic mass is 10.2. The van der Waals surface area contributed by atoms with Crippen LogP contribution >= 0.6 is 0 Å². The first kappa shape index (κ1) is 17.1. The molecule has 0 aliphatic carbocycles. The average Bonchev–Trinajstić information content (AvgIpc) is 3.24. The highest BCUT2D eigenvalue weighted by molar-refractivity contribution is 6.04. The molecule has 0 radical (unpaired) electrons. The summed E-state index contributed by atoms with van der Waals surface area (Å²) < 4.78 is 3.13. The van der Waals surface area contributed by atoms with Gasteiger partial charge in [0.15, 0.2) is 5.69 Å². The van der Waals surface area contributed by atoms with Gasteiger partial charge < -0.3 is 15.5 Å². The van der Waals surface area contributed by atoms with Crippen LogP contribution in [0.15, 0.2) is 30.5 Å². The molecule has 4 rings (SSSR count). The SMILES string of the molecule is CC1CNCCN1c1ccc2ccc(C(=O)Nc3cn(C)nc3C#N)n2n1. The van der Waals surface area contributed by atoms with Crippen molar-refractivity contribution >= 4 is 22.9 Å². The van der Waals surface area contributed by atoms with Gasteiger partial charge in [0.1, 0.15) is 17.6 Å². The number of carbonyl (C=O) groups excluding carboxylic acids is 1. The quantitative estimate of drug-likeness (QED) is 0.718. The Hall–Kier alpha value is -3.38. The van der Waals surface area contributed by atoms with Crippen LogP contribution < -0.4 is 15.5 Å². The first-order valence-electron chi connectivity index (χ1n) is 8.78. The van der Waals surface area contributed by atoms with Crippen molar-refractivity contribution < 1.29 is 4.79 Å². The van der Waals surface area contributed by atoms with Crippen LogP contribution in [0.3, 0.4) is 0 Å². The molecule has 1 amide bonds. The van der Waals surface area contributed by atoms with Gasteiger partial charge >= 0.3 is 0 Å². The van der Waals surface area contributed by atoms with Crippen molar-refractivity contribution in [1.82, 2.24) is 24.7 Å². The minimum atomic E-state index is -0.336. The van der Waals surface area contributed by atoms with E-state index < -0.39 is 0 Å². The molecule has 0 spiro atoms. The molecular formula is C18H20N8O. The number of nitriles is 1. The molecule has 1 atom stereocenters. The van der Waals surface area contributed by atoms with E-state index in [1.165, 1.54) is 4.68 Å². The predicted molar refractivity (Wildman–Crippen MR) is 101 cm³/mol. The van der Waals surface area contributed by atoms with Gasteiger partial charge in [0.05, 0.1) is 11.2 Å². The molecule has 1 unspecified atom stereocenters. The van der Waals surface area contributed by atoms with Gasteiger partial charge in [0, 0.05) is 38.9 Å². The van der Waals surface area contributed by atoms with E-state index in [2.05, 4.69) is 32.7 Å². The number of hydrogen-bond acceptors (Lipinski definition) is 6. The Bertz CT molecular complexity index is 1040. The van der Waals surface area contributed by atoms with Gasteiger partial charge in [-0.3, -0.25) is 9.48 Å². The van der Waals surface area contributed by atoms with Crippen LogP contribution in [0.5, 0.6) is 0 Å². The lowest BCUT2D eigenvalue weighted by Crippen LogP contribution is -2.50. The third kappa shape index (κ3) is 3.11. The van der Waals surface area contributed by atoms with Crippen LogP contribution in [0.2, 0.25) is 0 Å². The van der Waals surface area contributed by atoms with Crippen LogP contribution in [0, 0.1) is 11.3 Å². The maximum Gasteiger partial charge on any atom is 0.274 e. The van der Waals surface area contributed by atoms with E-state index in [0.717, 1.165) is 31.0 Å². The molecular weight excluding hydrogens is 344 g/mol. The highest BCUT2D eigenvalue weighted by Crippen LogP contribution is 2.19. The van der Waals surface area contributed by atoms with Crippen molar-refractivity contribution in [1.29, 1.82) is 5.26 Å². The molecule has 1 saturated heterocycles. The first-order valence-corrected chi connectivity index (χ1v) is 8.78. The van der Waals surface area contributed by atoms with Gasteiger partial charge in [-0.2, -0.15) is 10.4 Å². The molecule has 4 heterocycles. The van der Waals surface area contributed by atoms with Crippen molar-refractivity contribution in [2.45, 2.75) is 13.0 Å².